The van der Waals surface area contributed by atoms with E-state index in [0.717, 1.165) is 28.4 Å². The summed E-state index contributed by atoms with van der Waals surface area (Å²) in [5, 5.41) is 11.2. The number of carbonyl (C=O) groups excluding carboxylic acids is 1. The zero-order valence-corrected chi connectivity index (χ0v) is 18.7. The van der Waals surface area contributed by atoms with E-state index in [0.29, 0.717) is 15.8 Å². The van der Waals surface area contributed by atoms with Crippen LogP contribution in [0.4, 0.5) is 23.1 Å². The van der Waals surface area contributed by atoms with Crippen molar-refractivity contribution >= 4 is 38.5 Å². The molecular formula is C19H22BrF3N2O3S. The van der Waals surface area contributed by atoms with Crippen LogP contribution in [0.3, 0.4) is 0 Å². The first-order chi connectivity index (χ1) is 13.3. The molecule has 2 unspecified atom stereocenters. The monoisotopic (exact) mass is 494 g/mol. The maximum atomic E-state index is 12.8. The topological polar surface area (TPSA) is 62.7 Å². The van der Waals surface area contributed by atoms with Crippen molar-refractivity contribution in [2.24, 2.45) is 0 Å². The summed E-state index contributed by atoms with van der Waals surface area (Å²) in [6, 6.07) is 4.54. The molecule has 0 fully saturated rings. The van der Waals surface area contributed by atoms with Crippen molar-refractivity contribution in [3.63, 3.8) is 0 Å². The minimum Gasteiger partial charge on any atom is -0.443 e. The molecule has 10 heteroatoms. The number of amides is 1. The lowest BCUT2D eigenvalue weighted by Gasteiger charge is -2.33. The van der Waals surface area contributed by atoms with E-state index >= 15 is 0 Å². The van der Waals surface area contributed by atoms with Crippen molar-refractivity contribution < 1.29 is 27.8 Å². The number of rotatable bonds is 5. The van der Waals surface area contributed by atoms with Crippen LogP contribution in [-0.2, 0) is 10.9 Å². The summed E-state index contributed by atoms with van der Waals surface area (Å²) in [5.41, 5.74) is -1.12. The minimum absolute atomic E-state index is 0.212. The first-order valence-electron chi connectivity index (χ1n) is 8.82. The number of benzene rings is 1. The molecule has 1 heterocycles. The predicted molar refractivity (Wildman–Crippen MR) is 109 cm³/mol. The van der Waals surface area contributed by atoms with E-state index in [2.05, 4.69) is 20.9 Å². The Kier molecular flexibility index (Phi) is 7.34. The smallest absolute Gasteiger partial charge is 0.418 e. The second-order valence-electron chi connectivity index (χ2n) is 7.35. The van der Waals surface area contributed by atoms with Crippen LogP contribution < -0.4 is 4.90 Å². The molecular weight excluding hydrogens is 473 g/mol. The molecule has 1 amide bonds. The summed E-state index contributed by atoms with van der Waals surface area (Å²) in [4.78, 5) is 18.0. The van der Waals surface area contributed by atoms with Gasteiger partial charge in [-0.3, -0.25) is 0 Å². The SMILES string of the molecule is CCC(c1ccc(C(F)(F)F)cc1)C(O)N(C(=O)OC(C)(C)C)c1ncc(Br)s1. The molecule has 0 spiro atoms. The Hall–Kier alpha value is -1.65. The fraction of sp³-hybridized carbons (Fsp3) is 0.474. The zero-order valence-electron chi connectivity index (χ0n) is 16.3. The van der Waals surface area contributed by atoms with Gasteiger partial charge in [-0.2, -0.15) is 13.2 Å². The maximum Gasteiger partial charge on any atom is 0.418 e. The lowest BCUT2D eigenvalue weighted by atomic mass is 9.93. The molecule has 5 nitrogen and oxygen atoms in total. The molecule has 0 aliphatic carbocycles. The summed E-state index contributed by atoms with van der Waals surface area (Å²) in [7, 11) is 0. The average Bonchev–Trinajstić information content (AvgIpc) is 2.99. The van der Waals surface area contributed by atoms with Crippen molar-refractivity contribution in [2.45, 2.75) is 58.0 Å². The van der Waals surface area contributed by atoms with Crippen molar-refractivity contribution in [1.82, 2.24) is 4.98 Å². The normalized spacial score (nSPS) is 14.4. The summed E-state index contributed by atoms with van der Waals surface area (Å²) in [6.07, 6.45) is -4.77. The van der Waals surface area contributed by atoms with Gasteiger partial charge in [-0.15, -0.1) is 0 Å². The second-order valence-corrected chi connectivity index (χ2v) is 9.73. The van der Waals surface area contributed by atoms with Gasteiger partial charge in [0, 0.05) is 5.92 Å². The molecule has 2 aromatic rings. The van der Waals surface area contributed by atoms with Crippen LogP contribution in [-0.4, -0.2) is 28.0 Å². The molecule has 0 aliphatic heterocycles. The highest BCUT2D eigenvalue weighted by atomic mass is 79.9. The van der Waals surface area contributed by atoms with Crippen LogP contribution in [0.15, 0.2) is 34.2 Å². The Morgan fingerprint density at radius 1 is 1.28 bits per heavy atom. The van der Waals surface area contributed by atoms with Crippen LogP contribution in [0.25, 0.3) is 0 Å². The minimum atomic E-state index is -4.45. The molecule has 1 N–H and O–H groups in total. The van der Waals surface area contributed by atoms with Gasteiger partial charge >= 0.3 is 12.3 Å². The van der Waals surface area contributed by atoms with Crippen molar-refractivity contribution in [2.75, 3.05) is 4.90 Å². The van der Waals surface area contributed by atoms with E-state index in [1.807, 2.05) is 0 Å². The Balaban J connectivity index is 2.39. The van der Waals surface area contributed by atoms with Gasteiger partial charge in [-0.25, -0.2) is 14.7 Å². The van der Waals surface area contributed by atoms with E-state index in [-0.39, 0.29) is 5.13 Å². The van der Waals surface area contributed by atoms with Crippen molar-refractivity contribution in [3.05, 3.63) is 45.4 Å². The number of anilines is 1. The van der Waals surface area contributed by atoms with Gasteiger partial charge in [-0.1, -0.05) is 30.4 Å². The summed E-state index contributed by atoms with van der Waals surface area (Å²) in [6.45, 7) is 6.86. The Morgan fingerprint density at radius 3 is 2.28 bits per heavy atom. The van der Waals surface area contributed by atoms with E-state index < -0.39 is 35.6 Å². The van der Waals surface area contributed by atoms with E-state index in [1.54, 1.807) is 27.7 Å². The van der Waals surface area contributed by atoms with Crippen molar-refractivity contribution in [3.8, 4) is 0 Å². The number of aliphatic hydroxyl groups is 1. The number of aromatic nitrogens is 1. The van der Waals surface area contributed by atoms with Crippen LogP contribution in [0.2, 0.25) is 0 Å². The van der Waals surface area contributed by atoms with Gasteiger partial charge in [0.15, 0.2) is 5.13 Å². The Labute approximate surface area is 179 Å². The van der Waals surface area contributed by atoms with Gasteiger partial charge in [0.05, 0.1) is 15.5 Å². The molecule has 0 saturated carbocycles. The molecule has 0 saturated heterocycles. The summed E-state index contributed by atoms with van der Waals surface area (Å²) >= 11 is 4.40. The molecule has 2 rings (SSSR count). The molecule has 0 aliphatic rings. The predicted octanol–water partition coefficient (Wildman–Crippen LogP) is 6.18. The highest BCUT2D eigenvalue weighted by Gasteiger charge is 2.36. The Bertz CT molecular complexity index is 834. The first-order valence-corrected chi connectivity index (χ1v) is 10.4. The molecule has 2 atom stereocenters. The van der Waals surface area contributed by atoms with E-state index in [1.165, 1.54) is 18.3 Å². The Morgan fingerprint density at radius 2 is 1.86 bits per heavy atom. The largest absolute Gasteiger partial charge is 0.443 e. The van der Waals surface area contributed by atoms with Gasteiger partial charge < -0.3 is 9.84 Å². The van der Waals surface area contributed by atoms with Gasteiger partial charge in [0.1, 0.15) is 11.8 Å². The summed E-state index contributed by atoms with van der Waals surface area (Å²) < 4.78 is 44.6. The number of hydrogen-bond acceptors (Lipinski definition) is 5. The third-order valence-electron chi connectivity index (χ3n) is 3.99. The standard InChI is InChI=1S/C19H22BrF3N2O3S/c1-5-13(11-6-8-12(9-7-11)19(21,22)23)15(26)25(16-24-10-14(20)29-16)17(27)28-18(2,3)4/h6-10,13,15,26H,5H2,1-4H3. The maximum absolute atomic E-state index is 12.8. The molecule has 160 valence electrons. The quantitative estimate of drug-likeness (QED) is 0.504. The number of carbonyl (C=O) groups is 1. The molecule has 29 heavy (non-hydrogen) atoms. The van der Waals surface area contributed by atoms with Crippen LogP contribution in [0, 0.1) is 0 Å². The first kappa shape index (κ1) is 23.6. The number of halogens is 4. The highest BCUT2D eigenvalue weighted by Crippen LogP contribution is 2.35. The molecule has 0 radical (unpaired) electrons. The lowest BCUT2D eigenvalue weighted by molar-refractivity contribution is -0.137. The number of aliphatic hydroxyl groups excluding tert-OH is 1. The number of thiazole rings is 1. The van der Waals surface area contributed by atoms with Crippen LogP contribution in [0.5, 0.6) is 0 Å². The van der Waals surface area contributed by atoms with Gasteiger partial charge in [-0.05, 0) is 60.8 Å². The van der Waals surface area contributed by atoms with Crippen molar-refractivity contribution in [1.29, 1.82) is 0 Å². The fourth-order valence-corrected chi connectivity index (χ4v) is 3.89. The van der Waals surface area contributed by atoms with Gasteiger partial charge in [0.2, 0.25) is 0 Å². The molecule has 1 aromatic carbocycles. The average molecular weight is 495 g/mol. The molecule has 1 aromatic heterocycles. The van der Waals surface area contributed by atoms with E-state index in [4.69, 9.17) is 4.74 Å². The molecule has 0 bridgehead atoms. The number of nitrogens with zero attached hydrogens (tertiary/aromatic N) is 2. The number of hydrogen-bond donors (Lipinski definition) is 1. The van der Waals surface area contributed by atoms with Gasteiger partial charge in [0.25, 0.3) is 0 Å². The van der Waals surface area contributed by atoms with E-state index in [9.17, 15) is 23.1 Å². The second kappa shape index (κ2) is 9.01. The van der Waals surface area contributed by atoms with Crippen LogP contribution >= 0.6 is 27.3 Å². The third kappa shape index (κ3) is 6.16. The zero-order chi connectivity index (χ0) is 22.0. The number of alkyl halides is 3. The fourth-order valence-electron chi connectivity index (χ4n) is 2.69. The number of ether oxygens (including phenoxy) is 1. The third-order valence-corrected chi connectivity index (χ3v) is 5.47. The van der Waals surface area contributed by atoms with Crippen LogP contribution in [0.1, 0.15) is 51.2 Å². The lowest BCUT2D eigenvalue weighted by Crippen LogP contribution is -2.46. The summed E-state index contributed by atoms with van der Waals surface area (Å²) in [5.74, 6) is -0.646. The highest BCUT2D eigenvalue weighted by molar-refractivity contribution is 9.11.